The van der Waals surface area contributed by atoms with E-state index in [1.165, 1.54) is 13.1 Å². The van der Waals surface area contributed by atoms with Gasteiger partial charge in [0.2, 0.25) is 0 Å². The molecule has 0 aromatic carbocycles. The monoisotopic (exact) mass is 473 g/mol. The van der Waals surface area contributed by atoms with Gasteiger partial charge >= 0.3 is 29.9 Å². The highest BCUT2D eigenvalue weighted by Crippen LogP contribution is 2.76. The van der Waals surface area contributed by atoms with E-state index >= 15 is 0 Å². The Balaban J connectivity index is 1.74. The number of aryl methyl sites for hydroxylation is 1. The molecule has 0 radical (unpaired) electrons. The van der Waals surface area contributed by atoms with Gasteiger partial charge in [-0.25, -0.2) is 22.5 Å². The number of ether oxygens (including phenoxy) is 1. The summed E-state index contributed by atoms with van der Waals surface area (Å²) in [7, 11) is -12.5. The molecular formula is C10H14N5O11P3. The molecule has 29 heavy (non-hydrogen) atoms. The maximum Gasteiger partial charge on any atom is 0.488 e. The highest BCUT2D eigenvalue weighted by atomic mass is 31.3. The Kier molecular flexibility index (Phi) is 6.44. The first-order valence-electron chi connectivity index (χ1n) is 7.71. The zero-order valence-corrected chi connectivity index (χ0v) is 17.1. The molecule has 2 unspecified atom stereocenters. The molecule has 2 fully saturated rings. The highest BCUT2D eigenvalue weighted by molar-refractivity contribution is 7.72. The lowest BCUT2D eigenvalue weighted by Gasteiger charge is -2.27. The molecule has 2 saturated heterocycles. The van der Waals surface area contributed by atoms with Crippen LogP contribution >= 0.6 is 24.2 Å². The maximum atomic E-state index is 12.0. The highest BCUT2D eigenvalue weighted by Gasteiger charge is 2.48. The van der Waals surface area contributed by atoms with Crippen LogP contribution in [0.15, 0.2) is 20.9 Å². The van der Waals surface area contributed by atoms with Crippen LogP contribution in [0.1, 0.15) is 18.2 Å². The molecule has 2 aliphatic rings. The maximum absolute atomic E-state index is 12.0. The minimum absolute atomic E-state index is 0.0449. The van der Waals surface area contributed by atoms with Crippen LogP contribution < -0.4 is 11.2 Å². The lowest BCUT2D eigenvalue weighted by Crippen LogP contribution is -2.33. The van der Waals surface area contributed by atoms with Crippen molar-refractivity contribution >= 4 is 24.2 Å². The molecule has 1 aromatic heterocycles. The Morgan fingerprint density at radius 3 is 2.69 bits per heavy atom. The third-order valence-electron chi connectivity index (χ3n) is 3.75. The number of nitrogens with one attached hydrogen (secondary N) is 1. The van der Waals surface area contributed by atoms with Gasteiger partial charge in [-0.2, -0.15) is 4.31 Å². The minimum atomic E-state index is -4.87. The van der Waals surface area contributed by atoms with Crippen molar-refractivity contribution in [3.8, 4) is 0 Å². The van der Waals surface area contributed by atoms with Gasteiger partial charge in [-0.3, -0.25) is 14.3 Å². The van der Waals surface area contributed by atoms with Crippen molar-refractivity contribution in [1.29, 1.82) is 0 Å². The second-order valence-corrected chi connectivity index (χ2v) is 10.4. The summed E-state index contributed by atoms with van der Waals surface area (Å²) in [6.45, 7) is 1.04. The van der Waals surface area contributed by atoms with Crippen molar-refractivity contribution in [2.24, 2.45) is 5.11 Å². The zero-order valence-electron chi connectivity index (χ0n) is 14.4. The molecule has 0 amide bonds. The molecular weight excluding hydrogens is 459 g/mol. The third kappa shape index (κ3) is 5.40. The van der Waals surface area contributed by atoms with E-state index in [1.54, 1.807) is 0 Å². The Labute approximate surface area is 162 Å². The van der Waals surface area contributed by atoms with Crippen LogP contribution in [0.4, 0.5) is 0 Å². The molecule has 3 heterocycles. The molecule has 0 aliphatic carbocycles. The van der Waals surface area contributed by atoms with E-state index in [1.807, 2.05) is 0 Å². The summed E-state index contributed by atoms with van der Waals surface area (Å²) in [4.78, 5) is 46.8. The van der Waals surface area contributed by atoms with Crippen LogP contribution in [0.5, 0.6) is 0 Å². The third-order valence-corrected chi connectivity index (χ3v) is 8.48. The van der Waals surface area contributed by atoms with Crippen molar-refractivity contribution in [2.45, 2.75) is 31.7 Å². The Hall–Kier alpha value is -1.40. The van der Waals surface area contributed by atoms with Gasteiger partial charge < -0.3 is 19.0 Å². The van der Waals surface area contributed by atoms with Crippen LogP contribution in [-0.2, 0) is 31.3 Å². The summed E-state index contributed by atoms with van der Waals surface area (Å²) in [6, 6.07) is -0.831. The molecule has 0 spiro atoms. The molecule has 19 heteroatoms. The molecule has 3 rings (SSSR count). The summed E-state index contributed by atoms with van der Waals surface area (Å²) < 4.78 is 47.5. The van der Waals surface area contributed by atoms with E-state index in [-0.39, 0.29) is 12.0 Å². The second kappa shape index (κ2) is 8.38. The van der Waals surface area contributed by atoms with E-state index in [0.717, 1.165) is 4.57 Å². The molecule has 2 aliphatic heterocycles. The molecule has 160 valence electrons. The lowest BCUT2D eigenvalue weighted by atomic mass is 10.1. The fourth-order valence-corrected chi connectivity index (χ4v) is 6.75. The number of hydrogen-bond acceptors (Lipinski definition) is 10. The van der Waals surface area contributed by atoms with E-state index in [4.69, 9.17) is 14.8 Å². The second-order valence-electron chi connectivity index (χ2n) is 5.82. The number of phosphoric acid groups is 2. The molecule has 0 bridgehead atoms. The quantitative estimate of drug-likeness (QED) is 0.239. The fraction of sp³-hybridized carbons (Fsp3) is 0.600. The molecule has 3 N–H and O–H groups in total. The first-order valence-corrected chi connectivity index (χ1v) is 11.8. The Morgan fingerprint density at radius 1 is 1.41 bits per heavy atom. The van der Waals surface area contributed by atoms with Crippen LogP contribution in [0.25, 0.3) is 10.4 Å². The summed E-state index contributed by atoms with van der Waals surface area (Å²) in [5.74, 6) is 0. The van der Waals surface area contributed by atoms with Gasteiger partial charge in [-0.05, 0) is 12.5 Å². The summed E-state index contributed by atoms with van der Waals surface area (Å²) in [5.41, 5.74) is 7.68. The lowest BCUT2D eigenvalue weighted by molar-refractivity contribution is -0.0245. The topological polar surface area (TPSA) is 224 Å². The number of azide groups is 1. The fourth-order valence-electron chi connectivity index (χ4n) is 2.55. The van der Waals surface area contributed by atoms with Crippen LogP contribution in [0.2, 0.25) is 0 Å². The van der Waals surface area contributed by atoms with E-state index in [9.17, 15) is 28.5 Å². The average molecular weight is 473 g/mol. The minimum Gasteiger partial charge on any atom is -0.352 e. The number of aromatic nitrogens is 2. The van der Waals surface area contributed by atoms with E-state index in [2.05, 4.69) is 27.9 Å². The first kappa shape index (κ1) is 22.3. The van der Waals surface area contributed by atoms with Crippen molar-refractivity contribution in [3.63, 3.8) is 0 Å². The number of aromatic amines is 1. The standard InChI is InChI=1S/C10H14N5O11P3/c1-5-3-15(10(17)12-9(5)16)8-2-6(13-14-11)7(23-8)4-22-27-24-28(18,19)26-29(20,21)25-27/h3,6-8H,2,4H2,1H3,(H,18,19)(H,20,21)(H,12,16,17)/t6-,7+,8+/m0/s1. The Bertz CT molecular complexity index is 1030. The summed E-state index contributed by atoms with van der Waals surface area (Å²) in [5, 5.41) is 3.55. The zero-order chi connectivity index (χ0) is 21.4. The van der Waals surface area contributed by atoms with Gasteiger partial charge in [0, 0.05) is 23.1 Å². The Morgan fingerprint density at radius 2 is 2.07 bits per heavy atom. The largest absolute Gasteiger partial charge is 0.488 e. The summed E-state index contributed by atoms with van der Waals surface area (Å²) in [6.07, 6.45) is -0.562. The van der Waals surface area contributed by atoms with Crippen LogP contribution in [0.3, 0.4) is 0 Å². The smallest absolute Gasteiger partial charge is 0.352 e. The normalized spacial score (nSPS) is 37.2. The van der Waals surface area contributed by atoms with Crippen molar-refractivity contribution < 1.29 is 41.1 Å². The van der Waals surface area contributed by atoms with Gasteiger partial charge in [0.1, 0.15) is 6.23 Å². The number of nitrogens with zero attached hydrogens (tertiary/aromatic N) is 4. The van der Waals surface area contributed by atoms with E-state index < -0.39 is 60.5 Å². The van der Waals surface area contributed by atoms with E-state index in [0.29, 0.717) is 0 Å². The van der Waals surface area contributed by atoms with Crippen LogP contribution in [-0.4, -0.2) is 38.1 Å². The van der Waals surface area contributed by atoms with Crippen molar-refractivity contribution in [3.05, 3.63) is 43.0 Å². The SMILES string of the molecule is Cc1cn([C@H]2C[C@H](N=[N+]=[N-])[C@@H](COP3OP(=O)(O)OP(=O)(O)O3)O2)c(=O)[nH]c1=O. The van der Waals surface area contributed by atoms with Crippen LogP contribution in [0, 0.1) is 6.92 Å². The summed E-state index contributed by atoms with van der Waals surface area (Å²) >= 11 is 0. The van der Waals surface area contributed by atoms with Gasteiger partial charge in [0.25, 0.3) is 5.56 Å². The predicted octanol–water partition coefficient (Wildman–Crippen LogP) is 1.32. The molecule has 0 saturated carbocycles. The molecule has 16 nitrogen and oxygen atoms in total. The predicted molar refractivity (Wildman–Crippen MR) is 93.3 cm³/mol. The average Bonchev–Trinajstić information content (AvgIpc) is 2.96. The number of rotatable bonds is 5. The van der Waals surface area contributed by atoms with Gasteiger partial charge in [-0.15, -0.1) is 0 Å². The first-order chi connectivity index (χ1) is 13.5. The molecule has 5 atom stereocenters. The van der Waals surface area contributed by atoms with Gasteiger partial charge in [0.05, 0.1) is 18.8 Å². The number of hydrogen-bond donors (Lipinski definition) is 3. The molecule has 1 aromatic rings. The van der Waals surface area contributed by atoms with Gasteiger partial charge in [-0.1, -0.05) is 5.11 Å². The number of H-pyrrole nitrogens is 1. The van der Waals surface area contributed by atoms with Crippen molar-refractivity contribution in [2.75, 3.05) is 6.61 Å². The van der Waals surface area contributed by atoms with Crippen molar-refractivity contribution in [1.82, 2.24) is 9.55 Å². The van der Waals surface area contributed by atoms with Gasteiger partial charge in [0.15, 0.2) is 0 Å².